The van der Waals surface area contributed by atoms with Gasteiger partial charge in [0.1, 0.15) is 0 Å². The highest BCUT2D eigenvalue weighted by atomic mass is 14.5. The highest BCUT2D eigenvalue weighted by molar-refractivity contribution is 5.82. The number of benzene rings is 4. The second-order valence-electron chi connectivity index (χ2n) is 14.9. The predicted octanol–water partition coefficient (Wildman–Crippen LogP) is 12.0. The first-order chi connectivity index (χ1) is 21.0. The van der Waals surface area contributed by atoms with Crippen LogP contribution in [0.5, 0.6) is 0 Å². The van der Waals surface area contributed by atoms with Gasteiger partial charge in [0.15, 0.2) is 0 Å². The Morgan fingerprint density at radius 3 is 1.61 bits per heavy atom. The van der Waals surface area contributed by atoms with Crippen LogP contribution in [-0.4, -0.2) is 0 Å². The smallest absolute Gasteiger partial charge is 0.0526 e. The molecule has 0 nitrogen and oxygen atoms in total. The molecular weight excluding hydrogens is 528 g/mol. The Kier molecular flexibility index (Phi) is 7.91. The monoisotopic (exact) mass is 576 g/mol. The van der Waals surface area contributed by atoms with Crippen LogP contribution in [0.15, 0.2) is 133 Å². The van der Waals surface area contributed by atoms with Crippen LogP contribution in [0.1, 0.15) is 107 Å². The third-order valence-corrected chi connectivity index (χ3v) is 9.96. The zero-order valence-corrected chi connectivity index (χ0v) is 27.6. The number of allylic oxidation sites excluding steroid dienone is 5. The van der Waals surface area contributed by atoms with Gasteiger partial charge in [-0.1, -0.05) is 168 Å². The van der Waals surface area contributed by atoms with E-state index in [0.29, 0.717) is 0 Å². The highest BCUT2D eigenvalue weighted by Gasteiger charge is 2.50. The summed E-state index contributed by atoms with van der Waals surface area (Å²) in [5.74, 6) is 0.133. The quantitative estimate of drug-likeness (QED) is 0.145. The Balaban J connectivity index is 1.71. The van der Waals surface area contributed by atoms with E-state index < -0.39 is 0 Å². The van der Waals surface area contributed by atoms with Gasteiger partial charge in [-0.25, -0.2) is 0 Å². The molecule has 0 unspecified atom stereocenters. The van der Waals surface area contributed by atoms with E-state index in [1.807, 2.05) is 6.08 Å². The Labute approximate surface area is 266 Å². The van der Waals surface area contributed by atoms with E-state index >= 15 is 0 Å². The number of unbranched alkanes of at least 4 members (excludes halogenated alkanes) is 1. The van der Waals surface area contributed by atoms with Gasteiger partial charge in [0, 0.05) is 5.92 Å². The number of rotatable bonds is 8. The summed E-state index contributed by atoms with van der Waals surface area (Å²) in [4.78, 5) is 0. The lowest BCUT2D eigenvalue weighted by Gasteiger charge is -2.43. The fourth-order valence-corrected chi connectivity index (χ4v) is 7.60. The molecule has 0 N–H and O–H groups in total. The maximum atomic E-state index is 3.97. The molecule has 0 aliphatic heterocycles. The van der Waals surface area contributed by atoms with Gasteiger partial charge in [0.2, 0.25) is 0 Å². The zero-order valence-electron chi connectivity index (χ0n) is 27.6. The van der Waals surface area contributed by atoms with Gasteiger partial charge in [-0.3, -0.25) is 0 Å². The number of hydrogen-bond donors (Lipinski definition) is 0. The molecular formula is C44H48. The fourth-order valence-electron chi connectivity index (χ4n) is 7.60. The van der Waals surface area contributed by atoms with Gasteiger partial charge in [0.25, 0.3) is 0 Å². The molecule has 0 bridgehead atoms. The topological polar surface area (TPSA) is 0 Å². The van der Waals surface area contributed by atoms with Crippen molar-refractivity contribution in [3.8, 4) is 11.1 Å². The Morgan fingerprint density at radius 2 is 1.16 bits per heavy atom. The summed E-state index contributed by atoms with van der Waals surface area (Å²) in [6.07, 6.45) is 11.3. The third kappa shape index (κ3) is 5.23. The third-order valence-electron chi connectivity index (χ3n) is 9.96. The summed E-state index contributed by atoms with van der Waals surface area (Å²) in [6.45, 7) is 18.0. The van der Waals surface area contributed by atoms with E-state index in [4.69, 9.17) is 0 Å². The molecule has 2 aliphatic carbocycles. The van der Waals surface area contributed by atoms with E-state index in [-0.39, 0.29) is 22.2 Å². The minimum absolute atomic E-state index is 0.0551. The van der Waals surface area contributed by atoms with Crippen molar-refractivity contribution in [2.75, 3.05) is 0 Å². The second kappa shape index (κ2) is 11.6. The van der Waals surface area contributed by atoms with E-state index in [2.05, 4.69) is 157 Å². The van der Waals surface area contributed by atoms with Crippen LogP contribution in [0.2, 0.25) is 0 Å². The van der Waals surface area contributed by atoms with E-state index in [9.17, 15) is 0 Å². The molecule has 4 aromatic rings. The van der Waals surface area contributed by atoms with Crippen molar-refractivity contribution in [1.82, 2.24) is 0 Å². The molecule has 0 spiro atoms. The van der Waals surface area contributed by atoms with Crippen LogP contribution in [-0.2, 0) is 16.2 Å². The van der Waals surface area contributed by atoms with Gasteiger partial charge in [-0.05, 0) is 81.0 Å². The summed E-state index contributed by atoms with van der Waals surface area (Å²) in [6, 6.07) is 37.4. The molecule has 0 atom stereocenters. The molecule has 0 aromatic heterocycles. The normalized spacial score (nSPS) is 15.0. The van der Waals surface area contributed by atoms with Crippen molar-refractivity contribution in [2.24, 2.45) is 0 Å². The Bertz CT molecular complexity index is 1610. The van der Waals surface area contributed by atoms with Gasteiger partial charge < -0.3 is 0 Å². The maximum absolute atomic E-state index is 3.97. The molecule has 0 radical (unpaired) electrons. The average Bonchev–Trinajstić information content (AvgIpc) is 3.61. The molecule has 0 heteroatoms. The highest BCUT2D eigenvalue weighted by Crippen LogP contribution is 2.61. The molecule has 224 valence electrons. The standard InChI is InChI=1S/C44H48/c1-8-9-12-17-31-22-23-36(28-31)44(32-18-13-10-14-19-32,33-20-15-11-16-21-33)41-39-29-34(42(2,3)4)24-26-37(39)38-27-25-35(30-40(38)41)43(5,6)7/h8,10-11,13-16,18-22,24-30,41H,1,9,12,17,23H2,2-7H3. The van der Waals surface area contributed by atoms with Crippen LogP contribution in [0, 0.1) is 0 Å². The van der Waals surface area contributed by atoms with Crippen molar-refractivity contribution in [1.29, 1.82) is 0 Å². The molecule has 0 fully saturated rings. The van der Waals surface area contributed by atoms with Crippen LogP contribution < -0.4 is 0 Å². The predicted molar refractivity (Wildman–Crippen MR) is 190 cm³/mol. The first kappa shape index (κ1) is 30.1. The van der Waals surface area contributed by atoms with Gasteiger partial charge in [-0.2, -0.15) is 0 Å². The van der Waals surface area contributed by atoms with Crippen LogP contribution in [0.4, 0.5) is 0 Å². The van der Waals surface area contributed by atoms with E-state index in [0.717, 1.165) is 25.7 Å². The van der Waals surface area contributed by atoms with Crippen LogP contribution in [0.3, 0.4) is 0 Å². The van der Waals surface area contributed by atoms with Crippen molar-refractivity contribution in [3.05, 3.63) is 166 Å². The molecule has 0 saturated heterocycles. The molecule has 0 amide bonds. The zero-order chi connectivity index (χ0) is 31.1. The molecule has 4 aromatic carbocycles. The van der Waals surface area contributed by atoms with E-state index in [1.54, 1.807) is 0 Å². The van der Waals surface area contributed by atoms with Gasteiger partial charge in [0.05, 0.1) is 5.41 Å². The maximum Gasteiger partial charge on any atom is 0.0526 e. The summed E-state index contributed by atoms with van der Waals surface area (Å²) in [7, 11) is 0. The minimum atomic E-state index is -0.369. The lowest BCUT2D eigenvalue weighted by molar-refractivity contribution is 0.521. The lowest BCUT2D eigenvalue weighted by atomic mass is 9.58. The number of fused-ring (bicyclic) bond motifs is 3. The molecule has 0 heterocycles. The summed E-state index contributed by atoms with van der Waals surface area (Å²) >= 11 is 0. The van der Waals surface area contributed by atoms with Crippen LogP contribution in [0.25, 0.3) is 11.1 Å². The molecule has 2 aliphatic rings. The summed E-state index contributed by atoms with van der Waals surface area (Å²) < 4.78 is 0. The average molecular weight is 577 g/mol. The SMILES string of the molecule is C=CCCCC1=CCC(C(c2ccccc2)(c2ccccc2)C2c3cc(C(C)(C)C)ccc3-c3ccc(C(C)(C)C)cc32)=C1. The van der Waals surface area contributed by atoms with Crippen molar-refractivity contribution < 1.29 is 0 Å². The van der Waals surface area contributed by atoms with Gasteiger partial charge in [-0.15, -0.1) is 6.58 Å². The molecule has 44 heavy (non-hydrogen) atoms. The van der Waals surface area contributed by atoms with Gasteiger partial charge >= 0.3 is 0 Å². The molecule has 6 rings (SSSR count). The second-order valence-corrected chi connectivity index (χ2v) is 14.9. The van der Waals surface area contributed by atoms with Crippen molar-refractivity contribution in [2.45, 2.75) is 89.4 Å². The van der Waals surface area contributed by atoms with Crippen LogP contribution >= 0.6 is 0 Å². The minimum Gasteiger partial charge on any atom is -0.103 e. The largest absolute Gasteiger partial charge is 0.103 e. The Hall–Kier alpha value is -3.90. The summed E-state index contributed by atoms with van der Waals surface area (Å²) in [5, 5.41) is 0. The first-order valence-corrected chi connectivity index (χ1v) is 16.5. The van der Waals surface area contributed by atoms with Crippen molar-refractivity contribution in [3.63, 3.8) is 0 Å². The Morgan fingerprint density at radius 1 is 0.659 bits per heavy atom. The first-order valence-electron chi connectivity index (χ1n) is 16.5. The van der Waals surface area contributed by atoms with Crippen molar-refractivity contribution >= 4 is 0 Å². The lowest BCUT2D eigenvalue weighted by Crippen LogP contribution is -2.37. The molecule has 0 saturated carbocycles. The summed E-state index contributed by atoms with van der Waals surface area (Å²) in [5.41, 5.74) is 13.9. The van der Waals surface area contributed by atoms with E-state index in [1.165, 1.54) is 55.7 Å². The number of hydrogen-bond acceptors (Lipinski definition) is 0. The fraction of sp³-hybridized carbons (Fsp3) is 0.318.